The van der Waals surface area contributed by atoms with Gasteiger partial charge in [-0.1, -0.05) is 19.8 Å². The molecule has 3 unspecified atom stereocenters. The predicted octanol–water partition coefficient (Wildman–Crippen LogP) is 1.71. The fourth-order valence-corrected chi connectivity index (χ4v) is 5.28. The molecule has 5 nitrogen and oxygen atoms in total. The molecule has 1 saturated heterocycles. The van der Waals surface area contributed by atoms with Crippen LogP contribution < -0.4 is 0 Å². The summed E-state index contributed by atoms with van der Waals surface area (Å²) in [5.74, 6) is 1.19. The maximum atomic E-state index is 12.7. The molecule has 0 bridgehead atoms. The lowest BCUT2D eigenvalue weighted by atomic mass is 9.74. The second-order valence-electron chi connectivity index (χ2n) is 6.21. The van der Waals surface area contributed by atoms with Gasteiger partial charge >= 0.3 is 0 Å². The Balaban J connectivity index is 2.13. The molecule has 2 fully saturated rings. The highest BCUT2D eigenvalue weighted by Gasteiger charge is 2.43. The summed E-state index contributed by atoms with van der Waals surface area (Å²) in [5, 5.41) is 0. The van der Waals surface area contributed by atoms with Crippen LogP contribution in [0.2, 0.25) is 0 Å². The molecular formula is C14H28N2O3S. The Labute approximate surface area is 123 Å². The average molecular weight is 304 g/mol. The van der Waals surface area contributed by atoms with E-state index in [1.807, 2.05) is 0 Å². The number of fused-ring (bicyclic) bond motifs is 1. The minimum Gasteiger partial charge on any atom is -0.383 e. The fourth-order valence-electron chi connectivity index (χ4n) is 3.67. The van der Waals surface area contributed by atoms with Crippen molar-refractivity contribution in [3.8, 4) is 0 Å². The van der Waals surface area contributed by atoms with Gasteiger partial charge in [-0.2, -0.15) is 17.0 Å². The minimum atomic E-state index is -3.34. The number of hydrogen-bond donors (Lipinski definition) is 0. The summed E-state index contributed by atoms with van der Waals surface area (Å²) in [5.41, 5.74) is 0. The molecule has 20 heavy (non-hydrogen) atoms. The van der Waals surface area contributed by atoms with Gasteiger partial charge in [-0.3, -0.25) is 0 Å². The second kappa shape index (κ2) is 6.73. The van der Waals surface area contributed by atoms with Crippen LogP contribution in [-0.2, 0) is 14.9 Å². The molecule has 1 aliphatic heterocycles. The first-order chi connectivity index (χ1) is 9.48. The zero-order valence-corrected chi connectivity index (χ0v) is 13.7. The SMILES string of the molecule is COCCN(C)S(=O)(=O)N1CCC(C)C2CCCCC21. The van der Waals surface area contributed by atoms with Crippen molar-refractivity contribution in [2.24, 2.45) is 11.8 Å². The molecule has 1 saturated carbocycles. The molecule has 0 N–H and O–H groups in total. The van der Waals surface area contributed by atoms with E-state index in [0.29, 0.717) is 31.5 Å². The van der Waals surface area contributed by atoms with E-state index in [2.05, 4.69) is 6.92 Å². The van der Waals surface area contributed by atoms with Gasteiger partial charge in [0.05, 0.1) is 6.61 Å². The van der Waals surface area contributed by atoms with Crippen LogP contribution in [0.1, 0.15) is 39.0 Å². The zero-order valence-electron chi connectivity index (χ0n) is 12.9. The van der Waals surface area contributed by atoms with Crippen LogP contribution in [0.4, 0.5) is 0 Å². The summed E-state index contributed by atoms with van der Waals surface area (Å²) in [4.78, 5) is 0. The molecule has 0 spiro atoms. The van der Waals surface area contributed by atoms with E-state index in [9.17, 15) is 8.42 Å². The highest BCUT2D eigenvalue weighted by molar-refractivity contribution is 7.86. The van der Waals surface area contributed by atoms with E-state index in [4.69, 9.17) is 4.74 Å². The van der Waals surface area contributed by atoms with E-state index in [1.54, 1.807) is 18.5 Å². The van der Waals surface area contributed by atoms with E-state index < -0.39 is 10.2 Å². The highest BCUT2D eigenvalue weighted by atomic mass is 32.2. The molecular weight excluding hydrogens is 276 g/mol. The number of methoxy groups -OCH3 is 1. The Morgan fingerprint density at radius 1 is 1.25 bits per heavy atom. The number of ether oxygens (including phenoxy) is 1. The summed E-state index contributed by atoms with van der Waals surface area (Å²) in [6.45, 7) is 3.81. The van der Waals surface area contributed by atoms with E-state index in [0.717, 1.165) is 19.3 Å². The molecule has 0 aromatic rings. The van der Waals surface area contributed by atoms with Crippen LogP contribution in [0.15, 0.2) is 0 Å². The quantitative estimate of drug-likeness (QED) is 0.777. The van der Waals surface area contributed by atoms with Crippen molar-refractivity contribution in [3.63, 3.8) is 0 Å². The maximum absolute atomic E-state index is 12.7. The summed E-state index contributed by atoms with van der Waals surface area (Å²) in [6.07, 6.45) is 5.59. The number of nitrogens with zero attached hydrogens (tertiary/aromatic N) is 2. The Hall–Kier alpha value is -0.170. The highest BCUT2D eigenvalue weighted by Crippen LogP contribution is 2.40. The van der Waals surface area contributed by atoms with Crippen molar-refractivity contribution in [3.05, 3.63) is 0 Å². The standard InChI is InChI=1S/C14H28N2O3S/c1-12-8-9-16(14-7-5-4-6-13(12)14)20(17,18)15(2)10-11-19-3/h12-14H,4-11H2,1-3H3. The third-order valence-electron chi connectivity index (χ3n) is 4.99. The Kier molecular flexibility index (Phi) is 5.45. The summed E-state index contributed by atoms with van der Waals surface area (Å²) < 4.78 is 33.7. The first-order valence-corrected chi connectivity index (χ1v) is 9.10. The summed E-state index contributed by atoms with van der Waals surface area (Å²) >= 11 is 0. The Morgan fingerprint density at radius 2 is 1.95 bits per heavy atom. The number of piperidine rings is 1. The van der Waals surface area contributed by atoms with Gasteiger partial charge in [-0.05, 0) is 31.1 Å². The molecule has 0 aromatic carbocycles. The zero-order chi connectivity index (χ0) is 14.8. The van der Waals surface area contributed by atoms with Crippen molar-refractivity contribution in [1.29, 1.82) is 0 Å². The van der Waals surface area contributed by atoms with Gasteiger partial charge in [0.2, 0.25) is 0 Å². The molecule has 3 atom stereocenters. The van der Waals surface area contributed by atoms with E-state index in [-0.39, 0.29) is 6.04 Å². The van der Waals surface area contributed by atoms with Crippen molar-refractivity contribution in [2.45, 2.75) is 45.1 Å². The van der Waals surface area contributed by atoms with Gasteiger partial charge < -0.3 is 4.74 Å². The van der Waals surface area contributed by atoms with Gasteiger partial charge in [-0.25, -0.2) is 0 Å². The molecule has 1 aliphatic carbocycles. The monoisotopic (exact) mass is 304 g/mol. The van der Waals surface area contributed by atoms with Crippen LogP contribution in [0, 0.1) is 11.8 Å². The number of hydrogen-bond acceptors (Lipinski definition) is 3. The topological polar surface area (TPSA) is 49.9 Å². The van der Waals surface area contributed by atoms with Gasteiger partial charge in [0.1, 0.15) is 0 Å². The minimum absolute atomic E-state index is 0.211. The average Bonchev–Trinajstić information content (AvgIpc) is 2.45. The molecule has 0 aromatic heterocycles. The third kappa shape index (κ3) is 3.18. The van der Waals surface area contributed by atoms with Crippen molar-refractivity contribution < 1.29 is 13.2 Å². The van der Waals surface area contributed by atoms with Crippen LogP contribution >= 0.6 is 0 Å². The fraction of sp³-hybridized carbons (Fsp3) is 1.00. The first-order valence-electron chi connectivity index (χ1n) is 7.70. The van der Waals surface area contributed by atoms with Crippen LogP contribution in [0.5, 0.6) is 0 Å². The lowest BCUT2D eigenvalue weighted by molar-refractivity contribution is 0.0773. The van der Waals surface area contributed by atoms with Crippen molar-refractivity contribution >= 4 is 10.2 Å². The Morgan fingerprint density at radius 3 is 2.65 bits per heavy atom. The van der Waals surface area contributed by atoms with Crippen molar-refractivity contribution in [1.82, 2.24) is 8.61 Å². The lowest BCUT2D eigenvalue weighted by Crippen LogP contribution is -2.55. The largest absolute Gasteiger partial charge is 0.383 e. The predicted molar refractivity (Wildman–Crippen MR) is 79.7 cm³/mol. The van der Waals surface area contributed by atoms with Gasteiger partial charge in [0, 0.05) is 33.3 Å². The molecule has 0 amide bonds. The third-order valence-corrected chi connectivity index (χ3v) is 7.00. The second-order valence-corrected chi connectivity index (χ2v) is 8.20. The summed E-state index contributed by atoms with van der Waals surface area (Å²) in [7, 11) is -0.0870. The van der Waals surface area contributed by atoms with Gasteiger partial charge in [-0.15, -0.1) is 0 Å². The number of likely N-dealkylation sites (N-methyl/N-ethyl adjacent to an activating group) is 1. The normalized spacial score (nSPS) is 32.3. The molecule has 2 rings (SSSR count). The van der Waals surface area contributed by atoms with Crippen molar-refractivity contribution in [2.75, 3.05) is 33.9 Å². The van der Waals surface area contributed by atoms with E-state index in [1.165, 1.54) is 17.1 Å². The lowest BCUT2D eigenvalue weighted by Gasteiger charge is -2.47. The first kappa shape index (κ1) is 16.2. The molecule has 6 heteroatoms. The molecule has 2 aliphatic rings. The van der Waals surface area contributed by atoms with Gasteiger partial charge in [0.25, 0.3) is 10.2 Å². The smallest absolute Gasteiger partial charge is 0.282 e. The summed E-state index contributed by atoms with van der Waals surface area (Å²) in [6, 6.07) is 0.211. The van der Waals surface area contributed by atoms with Crippen LogP contribution in [-0.4, -0.2) is 56.9 Å². The molecule has 0 radical (unpaired) electrons. The van der Waals surface area contributed by atoms with Crippen LogP contribution in [0.3, 0.4) is 0 Å². The van der Waals surface area contributed by atoms with Gasteiger partial charge in [0.15, 0.2) is 0 Å². The number of rotatable bonds is 5. The maximum Gasteiger partial charge on any atom is 0.282 e. The Bertz CT molecular complexity index is 413. The van der Waals surface area contributed by atoms with Crippen LogP contribution in [0.25, 0.3) is 0 Å². The van der Waals surface area contributed by atoms with E-state index >= 15 is 0 Å². The molecule has 1 heterocycles. The molecule has 118 valence electrons.